The number of hydrogen-bond donors (Lipinski definition) is 0. The molecule has 14 heavy (non-hydrogen) atoms. The van der Waals surface area contributed by atoms with E-state index in [1.807, 2.05) is 0 Å². The van der Waals surface area contributed by atoms with Crippen LogP contribution in [0.2, 0.25) is 0 Å². The van der Waals surface area contributed by atoms with Gasteiger partial charge in [-0.25, -0.2) is 0 Å². The Morgan fingerprint density at radius 2 is 1.64 bits per heavy atom. The summed E-state index contributed by atoms with van der Waals surface area (Å²) in [7, 11) is 0. The molecule has 0 N–H and O–H groups in total. The van der Waals surface area contributed by atoms with Gasteiger partial charge in [0.05, 0.1) is 11.5 Å². The lowest BCUT2D eigenvalue weighted by molar-refractivity contribution is -0.161. The van der Waals surface area contributed by atoms with Gasteiger partial charge in [0, 0.05) is 0 Å². The summed E-state index contributed by atoms with van der Waals surface area (Å²) in [6.07, 6.45) is -8.09. The summed E-state index contributed by atoms with van der Waals surface area (Å²) >= 11 is 0. The van der Waals surface area contributed by atoms with Crippen LogP contribution >= 0.6 is 0 Å². The van der Waals surface area contributed by atoms with Gasteiger partial charge in [0.15, 0.2) is 0 Å². The minimum absolute atomic E-state index is 0.474. The molecule has 0 aromatic heterocycles. The summed E-state index contributed by atoms with van der Waals surface area (Å²) in [5.74, 6) is -1.80. The van der Waals surface area contributed by atoms with Crippen LogP contribution in [0.4, 0.5) is 26.3 Å². The second-order valence-electron chi connectivity index (χ2n) is 2.90. The molecule has 0 fully saturated rings. The monoisotopic (exact) mass is 216 g/mol. The summed E-state index contributed by atoms with van der Waals surface area (Å²) in [6, 6.07) is 0. The van der Waals surface area contributed by atoms with Crippen LogP contribution in [0.25, 0.3) is 0 Å². The number of hydrogen-bond acceptors (Lipinski definition) is 0. The number of allylic oxidation sites excluding steroid dienone is 4. The molecule has 1 rings (SSSR count). The molecule has 0 saturated heterocycles. The minimum Gasteiger partial charge on any atom is -0.170 e. The molecule has 0 radical (unpaired) electrons. The van der Waals surface area contributed by atoms with E-state index in [9.17, 15) is 26.3 Å². The molecule has 0 aromatic carbocycles. The zero-order chi connectivity index (χ0) is 11.0. The van der Waals surface area contributed by atoms with Gasteiger partial charge in [-0.1, -0.05) is 18.2 Å². The zero-order valence-corrected chi connectivity index (χ0v) is 6.78. The molecule has 0 nitrogen and oxygen atoms in total. The van der Waals surface area contributed by atoms with Crippen LogP contribution < -0.4 is 0 Å². The number of alkyl halides is 6. The van der Waals surface area contributed by atoms with Gasteiger partial charge in [-0.3, -0.25) is 0 Å². The van der Waals surface area contributed by atoms with Gasteiger partial charge in [-0.15, -0.1) is 0 Å². The van der Waals surface area contributed by atoms with Gasteiger partial charge >= 0.3 is 12.4 Å². The number of halogens is 6. The van der Waals surface area contributed by atoms with E-state index in [2.05, 4.69) is 0 Å². The van der Waals surface area contributed by atoms with Crippen LogP contribution in [0.15, 0.2) is 23.8 Å². The SMILES string of the molecule is FC(F)(F)C1=CCC(C(F)(F)F)C=C1. The summed E-state index contributed by atoms with van der Waals surface area (Å²) in [4.78, 5) is 0. The normalized spacial score (nSPS) is 23.6. The molecule has 0 aliphatic heterocycles. The van der Waals surface area contributed by atoms with Crippen molar-refractivity contribution in [1.82, 2.24) is 0 Å². The Balaban J connectivity index is 2.72. The van der Waals surface area contributed by atoms with Gasteiger partial charge in [0.2, 0.25) is 0 Å². The Morgan fingerprint density at radius 3 is 1.93 bits per heavy atom. The Hall–Kier alpha value is -0.940. The summed E-state index contributed by atoms with van der Waals surface area (Å²) < 4.78 is 71.9. The Kier molecular flexibility index (Phi) is 2.65. The molecule has 1 aliphatic rings. The van der Waals surface area contributed by atoms with Gasteiger partial charge in [-0.2, -0.15) is 26.3 Å². The van der Waals surface area contributed by atoms with Gasteiger partial charge in [-0.05, 0) is 6.42 Å². The second-order valence-corrected chi connectivity index (χ2v) is 2.90. The van der Waals surface area contributed by atoms with Gasteiger partial charge < -0.3 is 0 Å². The average Bonchev–Trinajstić information content (AvgIpc) is 2.01. The molecular formula is C8H6F6. The molecule has 0 saturated carbocycles. The van der Waals surface area contributed by atoms with Crippen molar-refractivity contribution in [1.29, 1.82) is 0 Å². The topological polar surface area (TPSA) is 0 Å². The molecule has 1 unspecified atom stereocenters. The first-order valence-corrected chi connectivity index (χ1v) is 3.73. The molecule has 1 aliphatic carbocycles. The van der Waals surface area contributed by atoms with E-state index < -0.39 is 30.3 Å². The zero-order valence-electron chi connectivity index (χ0n) is 6.78. The van der Waals surface area contributed by atoms with Crippen LogP contribution in [-0.4, -0.2) is 12.4 Å². The highest BCUT2D eigenvalue weighted by Gasteiger charge is 2.40. The molecule has 0 bridgehead atoms. The van der Waals surface area contributed by atoms with E-state index in [1.54, 1.807) is 0 Å². The molecule has 0 heterocycles. The number of rotatable bonds is 0. The van der Waals surface area contributed by atoms with E-state index in [-0.39, 0.29) is 0 Å². The van der Waals surface area contributed by atoms with Crippen LogP contribution in [-0.2, 0) is 0 Å². The molecule has 0 aromatic rings. The van der Waals surface area contributed by atoms with E-state index in [4.69, 9.17) is 0 Å². The predicted molar refractivity (Wildman–Crippen MR) is 37.4 cm³/mol. The van der Waals surface area contributed by atoms with E-state index in [0.29, 0.717) is 18.2 Å². The third-order valence-corrected chi connectivity index (χ3v) is 1.85. The summed E-state index contributed by atoms with van der Waals surface area (Å²) in [6.45, 7) is 0. The van der Waals surface area contributed by atoms with Crippen molar-refractivity contribution < 1.29 is 26.3 Å². The van der Waals surface area contributed by atoms with Gasteiger partial charge in [0.25, 0.3) is 0 Å². The molecule has 80 valence electrons. The van der Waals surface area contributed by atoms with Crippen LogP contribution in [0.3, 0.4) is 0 Å². The molecule has 0 amide bonds. The summed E-state index contributed by atoms with van der Waals surface area (Å²) in [5, 5.41) is 0. The first-order chi connectivity index (χ1) is 6.21. The highest BCUT2D eigenvalue weighted by atomic mass is 19.4. The highest BCUT2D eigenvalue weighted by molar-refractivity contribution is 5.28. The Morgan fingerprint density at radius 1 is 1.07 bits per heavy atom. The van der Waals surface area contributed by atoms with E-state index in [1.165, 1.54) is 0 Å². The lowest BCUT2D eigenvalue weighted by Gasteiger charge is -2.19. The Bertz CT molecular complexity index is 267. The molecule has 6 heteroatoms. The van der Waals surface area contributed by atoms with Crippen molar-refractivity contribution in [3.63, 3.8) is 0 Å². The standard InChI is InChI=1S/C8H6F6/c9-7(10,11)5-1-2-6(4-3-5)8(12,13)14/h1-3,6H,4H2. The van der Waals surface area contributed by atoms with Gasteiger partial charge in [0.1, 0.15) is 0 Å². The first-order valence-electron chi connectivity index (χ1n) is 3.73. The molecular weight excluding hydrogens is 210 g/mol. The van der Waals surface area contributed by atoms with E-state index in [0.717, 1.165) is 0 Å². The fourth-order valence-electron chi connectivity index (χ4n) is 1.07. The minimum atomic E-state index is -4.56. The predicted octanol–water partition coefficient (Wildman–Crippen LogP) is 3.61. The lowest BCUT2D eigenvalue weighted by atomic mass is 9.96. The van der Waals surface area contributed by atoms with Crippen LogP contribution in [0.5, 0.6) is 0 Å². The van der Waals surface area contributed by atoms with Crippen molar-refractivity contribution in [2.75, 3.05) is 0 Å². The van der Waals surface area contributed by atoms with Crippen molar-refractivity contribution in [2.45, 2.75) is 18.8 Å². The quantitative estimate of drug-likeness (QED) is 0.542. The van der Waals surface area contributed by atoms with Crippen molar-refractivity contribution in [3.8, 4) is 0 Å². The smallest absolute Gasteiger partial charge is 0.170 e. The Labute approximate surface area is 75.9 Å². The fraction of sp³-hybridized carbons (Fsp3) is 0.500. The van der Waals surface area contributed by atoms with Crippen molar-refractivity contribution >= 4 is 0 Å². The third kappa shape index (κ3) is 2.52. The second kappa shape index (κ2) is 3.33. The molecule has 0 spiro atoms. The maximum atomic E-state index is 12.0. The fourth-order valence-corrected chi connectivity index (χ4v) is 1.07. The average molecular weight is 216 g/mol. The molecule has 1 atom stereocenters. The third-order valence-electron chi connectivity index (χ3n) is 1.85. The van der Waals surface area contributed by atoms with E-state index >= 15 is 0 Å². The maximum absolute atomic E-state index is 12.0. The van der Waals surface area contributed by atoms with Crippen LogP contribution in [0.1, 0.15) is 6.42 Å². The summed E-state index contributed by atoms with van der Waals surface area (Å²) in [5.41, 5.74) is -1.02. The highest BCUT2D eigenvalue weighted by Crippen LogP contribution is 2.36. The maximum Gasteiger partial charge on any atom is 0.416 e. The van der Waals surface area contributed by atoms with Crippen LogP contribution in [0, 0.1) is 5.92 Å². The largest absolute Gasteiger partial charge is 0.416 e. The first kappa shape index (κ1) is 11.1. The lowest BCUT2D eigenvalue weighted by Crippen LogP contribution is -2.23. The van der Waals surface area contributed by atoms with Crippen molar-refractivity contribution in [3.05, 3.63) is 23.8 Å². The van der Waals surface area contributed by atoms with Crippen molar-refractivity contribution in [2.24, 2.45) is 5.92 Å².